The molecule has 4 unspecified atom stereocenters. The van der Waals surface area contributed by atoms with Gasteiger partial charge >= 0.3 is 0 Å². The molecule has 3 fully saturated rings. The molecule has 1 aliphatic heterocycles. The summed E-state index contributed by atoms with van der Waals surface area (Å²) in [6.07, 6.45) is 7.95. The van der Waals surface area contributed by atoms with Gasteiger partial charge < -0.3 is 10.4 Å². The van der Waals surface area contributed by atoms with Crippen molar-refractivity contribution in [3.8, 4) is 0 Å². The van der Waals surface area contributed by atoms with Gasteiger partial charge in [-0.2, -0.15) is 0 Å². The molecule has 0 amide bonds. The molecule has 0 aromatic heterocycles. The van der Waals surface area contributed by atoms with Crippen LogP contribution in [-0.4, -0.2) is 47.3 Å². The van der Waals surface area contributed by atoms with Crippen LogP contribution in [0.3, 0.4) is 0 Å². The first kappa shape index (κ1) is 13.8. The van der Waals surface area contributed by atoms with E-state index in [0.29, 0.717) is 18.0 Å². The molecule has 19 heavy (non-hydrogen) atoms. The molecule has 0 aromatic carbocycles. The van der Waals surface area contributed by atoms with Crippen molar-refractivity contribution in [1.29, 1.82) is 0 Å². The maximum absolute atomic E-state index is 10.00. The minimum atomic E-state index is -0.167. The van der Waals surface area contributed by atoms with Gasteiger partial charge in [0.05, 0.1) is 6.10 Å². The lowest BCUT2D eigenvalue weighted by atomic mass is 9.78. The van der Waals surface area contributed by atoms with Crippen LogP contribution in [0.4, 0.5) is 0 Å². The molecular weight excluding hydrogens is 236 g/mol. The lowest BCUT2D eigenvalue weighted by Gasteiger charge is -2.46. The minimum Gasteiger partial charge on any atom is -0.393 e. The average molecular weight is 266 g/mol. The number of hydrogen-bond donors (Lipinski definition) is 2. The Morgan fingerprint density at radius 1 is 1.00 bits per heavy atom. The average Bonchev–Trinajstić information content (AvgIpc) is 3.10. The Labute approximate surface area is 117 Å². The highest BCUT2D eigenvalue weighted by atomic mass is 16.3. The van der Waals surface area contributed by atoms with Crippen LogP contribution in [0.1, 0.15) is 52.4 Å². The summed E-state index contributed by atoms with van der Waals surface area (Å²) in [5.74, 6) is 1.36. The van der Waals surface area contributed by atoms with E-state index in [4.69, 9.17) is 0 Å². The van der Waals surface area contributed by atoms with Crippen LogP contribution in [0, 0.1) is 11.8 Å². The van der Waals surface area contributed by atoms with Gasteiger partial charge in [-0.25, -0.2) is 0 Å². The van der Waals surface area contributed by atoms with Gasteiger partial charge in [-0.1, -0.05) is 6.42 Å². The predicted molar refractivity (Wildman–Crippen MR) is 78.1 cm³/mol. The Balaban J connectivity index is 1.60. The van der Waals surface area contributed by atoms with Crippen molar-refractivity contribution in [2.75, 3.05) is 13.1 Å². The second kappa shape index (κ2) is 5.71. The van der Waals surface area contributed by atoms with E-state index in [1.807, 2.05) is 6.92 Å². The highest BCUT2D eigenvalue weighted by Crippen LogP contribution is 2.34. The second-order valence-electron chi connectivity index (χ2n) is 7.26. The Morgan fingerprint density at radius 2 is 1.74 bits per heavy atom. The molecule has 0 spiro atoms. The summed E-state index contributed by atoms with van der Waals surface area (Å²) in [6, 6.07) is 2.08. The summed E-state index contributed by atoms with van der Waals surface area (Å²) < 4.78 is 0. The summed E-state index contributed by atoms with van der Waals surface area (Å²) in [5.41, 5.74) is 0. The van der Waals surface area contributed by atoms with Crippen molar-refractivity contribution in [3.63, 3.8) is 0 Å². The smallest absolute Gasteiger partial charge is 0.0553 e. The quantitative estimate of drug-likeness (QED) is 0.799. The molecule has 3 rings (SSSR count). The molecule has 3 nitrogen and oxygen atoms in total. The lowest BCUT2D eigenvalue weighted by Crippen LogP contribution is -2.56. The Bertz CT molecular complexity index is 299. The number of rotatable bonds is 5. The van der Waals surface area contributed by atoms with Crippen LogP contribution in [0.25, 0.3) is 0 Å². The topological polar surface area (TPSA) is 35.5 Å². The molecule has 2 saturated carbocycles. The SMILES string of the molecule is CC(O)C1CC(NC2CC2)CN(C(C)C2CCC2)C1. The molecular formula is C16H30N2O. The van der Waals surface area contributed by atoms with E-state index < -0.39 is 0 Å². The van der Waals surface area contributed by atoms with E-state index in [1.54, 1.807) is 0 Å². The third-order valence-corrected chi connectivity index (χ3v) is 5.65. The van der Waals surface area contributed by atoms with Gasteiger partial charge in [0.2, 0.25) is 0 Å². The lowest BCUT2D eigenvalue weighted by molar-refractivity contribution is 0.00832. The summed E-state index contributed by atoms with van der Waals surface area (Å²) in [7, 11) is 0. The van der Waals surface area contributed by atoms with Crippen LogP contribution in [-0.2, 0) is 0 Å². The van der Waals surface area contributed by atoms with E-state index in [0.717, 1.165) is 24.9 Å². The molecule has 0 radical (unpaired) electrons. The molecule has 1 saturated heterocycles. The zero-order valence-electron chi connectivity index (χ0n) is 12.5. The van der Waals surface area contributed by atoms with Crippen LogP contribution in [0.15, 0.2) is 0 Å². The molecule has 3 aliphatic rings. The van der Waals surface area contributed by atoms with Gasteiger partial charge in [0.25, 0.3) is 0 Å². The number of nitrogens with zero attached hydrogens (tertiary/aromatic N) is 1. The molecule has 3 heteroatoms. The van der Waals surface area contributed by atoms with E-state index >= 15 is 0 Å². The summed E-state index contributed by atoms with van der Waals surface area (Å²) in [5, 5.41) is 13.8. The van der Waals surface area contributed by atoms with Crippen molar-refractivity contribution < 1.29 is 5.11 Å². The Kier molecular flexibility index (Phi) is 4.16. The molecule has 0 aromatic rings. The maximum atomic E-state index is 10.00. The zero-order valence-corrected chi connectivity index (χ0v) is 12.5. The standard InChI is InChI=1S/C16H30N2O/c1-11(13-4-3-5-13)18-9-14(12(2)19)8-16(10-18)17-15-6-7-15/h11-17,19H,3-10H2,1-2H3. The number of aliphatic hydroxyl groups excluding tert-OH is 1. The van der Waals surface area contributed by atoms with Gasteiger partial charge in [-0.05, 0) is 57.8 Å². The van der Waals surface area contributed by atoms with E-state index in [9.17, 15) is 5.11 Å². The first-order valence-electron chi connectivity index (χ1n) is 8.31. The summed E-state index contributed by atoms with van der Waals surface area (Å²) in [4.78, 5) is 2.66. The Morgan fingerprint density at radius 3 is 2.26 bits per heavy atom. The van der Waals surface area contributed by atoms with Gasteiger partial charge in [0, 0.05) is 31.2 Å². The van der Waals surface area contributed by atoms with Crippen LogP contribution >= 0.6 is 0 Å². The van der Waals surface area contributed by atoms with Crippen molar-refractivity contribution in [3.05, 3.63) is 0 Å². The largest absolute Gasteiger partial charge is 0.393 e. The molecule has 4 atom stereocenters. The predicted octanol–water partition coefficient (Wildman–Crippen LogP) is 2.00. The first-order valence-corrected chi connectivity index (χ1v) is 8.31. The summed E-state index contributed by atoms with van der Waals surface area (Å²) >= 11 is 0. The molecule has 1 heterocycles. The van der Waals surface area contributed by atoms with Crippen molar-refractivity contribution in [2.45, 2.75) is 76.6 Å². The number of likely N-dealkylation sites (tertiary alicyclic amines) is 1. The number of nitrogens with one attached hydrogen (secondary N) is 1. The maximum Gasteiger partial charge on any atom is 0.0553 e. The van der Waals surface area contributed by atoms with Gasteiger partial charge in [-0.3, -0.25) is 4.90 Å². The molecule has 2 aliphatic carbocycles. The fourth-order valence-corrected chi connectivity index (χ4v) is 3.78. The monoisotopic (exact) mass is 266 g/mol. The molecule has 0 bridgehead atoms. The third kappa shape index (κ3) is 3.32. The van der Waals surface area contributed by atoms with Gasteiger partial charge in [-0.15, -0.1) is 0 Å². The van der Waals surface area contributed by atoms with Crippen molar-refractivity contribution in [2.24, 2.45) is 11.8 Å². The molecule has 2 N–H and O–H groups in total. The second-order valence-corrected chi connectivity index (χ2v) is 7.26. The minimum absolute atomic E-state index is 0.167. The van der Waals surface area contributed by atoms with Gasteiger partial charge in [0.15, 0.2) is 0 Å². The van der Waals surface area contributed by atoms with Gasteiger partial charge in [0.1, 0.15) is 0 Å². The number of aliphatic hydroxyl groups is 1. The van der Waals surface area contributed by atoms with Crippen molar-refractivity contribution in [1.82, 2.24) is 10.2 Å². The zero-order chi connectivity index (χ0) is 13.4. The number of piperidine rings is 1. The van der Waals surface area contributed by atoms with Crippen LogP contribution < -0.4 is 5.32 Å². The summed E-state index contributed by atoms with van der Waals surface area (Å²) in [6.45, 7) is 6.66. The molecule has 110 valence electrons. The Hall–Kier alpha value is -0.120. The number of hydrogen-bond acceptors (Lipinski definition) is 3. The van der Waals surface area contributed by atoms with E-state index in [-0.39, 0.29) is 6.10 Å². The normalized spacial score (nSPS) is 36.8. The van der Waals surface area contributed by atoms with E-state index in [2.05, 4.69) is 17.1 Å². The van der Waals surface area contributed by atoms with E-state index in [1.165, 1.54) is 38.6 Å². The third-order valence-electron chi connectivity index (χ3n) is 5.65. The highest BCUT2D eigenvalue weighted by molar-refractivity contribution is 4.94. The van der Waals surface area contributed by atoms with Crippen LogP contribution in [0.5, 0.6) is 0 Å². The highest BCUT2D eigenvalue weighted by Gasteiger charge is 2.37. The van der Waals surface area contributed by atoms with Crippen LogP contribution in [0.2, 0.25) is 0 Å². The van der Waals surface area contributed by atoms with Crippen molar-refractivity contribution >= 4 is 0 Å². The fraction of sp³-hybridized carbons (Fsp3) is 1.00. The first-order chi connectivity index (χ1) is 9.13. The fourth-order valence-electron chi connectivity index (χ4n) is 3.78.